The molecule has 2 heterocycles. The van der Waals surface area contributed by atoms with Gasteiger partial charge in [-0.15, -0.1) is 15.3 Å². The molecule has 4 rings (SSSR count). The molecular formula is C19H18N8O3S3. The molecule has 0 aliphatic carbocycles. The number of rotatable bonds is 9. The second kappa shape index (κ2) is 10.1. The molecule has 33 heavy (non-hydrogen) atoms. The molecule has 0 atom stereocenters. The summed E-state index contributed by atoms with van der Waals surface area (Å²) in [5.74, 6) is 0.260. The van der Waals surface area contributed by atoms with Crippen molar-refractivity contribution in [3.8, 4) is 5.69 Å². The molecular weight excluding hydrogens is 484 g/mol. The van der Waals surface area contributed by atoms with Crippen LogP contribution in [0.15, 0.2) is 64.6 Å². The van der Waals surface area contributed by atoms with Gasteiger partial charge in [0, 0.05) is 17.9 Å². The highest BCUT2D eigenvalue weighted by Gasteiger charge is 2.17. The van der Waals surface area contributed by atoms with Crippen LogP contribution in [0, 0.1) is 6.92 Å². The Bertz CT molecular complexity index is 1340. The predicted octanol–water partition coefficient (Wildman–Crippen LogP) is 2.74. The van der Waals surface area contributed by atoms with Gasteiger partial charge in [0.2, 0.25) is 16.2 Å². The Kier molecular flexibility index (Phi) is 6.96. The number of aryl methyl sites for hydroxylation is 1. The topological polar surface area (TPSA) is 145 Å². The van der Waals surface area contributed by atoms with E-state index in [1.807, 2.05) is 30.3 Å². The molecule has 0 saturated carbocycles. The summed E-state index contributed by atoms with van der Waals surface area (Å²) in [6, 6.07) is 15.3. The van der Waals surface area contributed by atoms with E-state index in [1.54, 1.807) is 11.6 Å². The fourth-order valence-corrected chi connectivity index (χ4v) is 5.34. The molecule has 4 aromatic rings. The van der Waals surface area contributed by atoms with E-state index in [0.717, 1.165) is 17.0 Å². The number of anilines is 2. The summed E-state index contributed by atoms with van der Waals surface area (Å²) in [5, 5.41) is 23.4. The Balaban J connectivity index is 1.29. The molecule has 2 aromatic heterocycles. The largest absolute Gasteiger partial charge is 0.326 e. The molecule has 0 fully saturated rings. The maximum absolute atomic E-state index is 12.4. The zero-order valence-corrected chi connectivity index (χ0v) is 19.7. The zero-order valence-electron chi connectivity index (χ0n) is 17.2. The molecule has 0 spiro atoms. The number of hydrogen-bond acceptors (Lipinski definition) is 10. The van der Waals surface area contributed by atoms with Crippen LogP contribution in [0.5, 0.6) is 0 Å². The summed E-state index contributed by atoms with van der Waals surface area (Å²) >= 11 is 2.51. The van der Waals surface area contributed by atoms with E-state index in [-0.39, 0.29) is 22.4 Å². The molecule has 0 bridgehead atoms. The first-order valence-corrected chi connectivity index (χ1v) is 12.9. The number of aromatic nitrogens is 6. The normalized spacial score (nSPS) is 11.3. The van der Waals surface area contributed by atoms with Crippen LogP contribution in [0.2, 0.25) is 0 Å². The molecule has 0 unspecified atom stereocenters. The van der Waals surface area contributed by atoms with Crippen LogP contribution in [-0.4, -0.2) is 50.5 Å². The lowest BCUT2D eigenvalue weighted by atomic mass is 10.3. The molecule has 1 amide bonds. The summed E-state index contributed by atoms with van der Waals surface area (Å²) in [5.41, 5.74) is 1.32. The van der Waals surface area contributed by atoms with Gasteiger partial charge in [0.1, 0.15) is 5.01 Å². The maximum Gasteiger partial charge on any atom is 0.263 e. The third kappa shape index (κ3) is 5.91. The smallest absolute Gasteiger partial charge is 0.263 e. The molecule has 0 aliphatic heterocycles. The number of carbonyl (C=O) groups excluding carboxylic acids is 1. The first-order chi connectivity index (χ1) is 15.9. The highest BCUT2D eigenvalue weighted by molar-refractivity contribution is 7.99. The van der Waals surface area contributed by atoms with E-state index in [2.05, 4.69) is 35.8 Å². The van der Waals surface area contributed by atoms with Crippen molar-refractivity contribution in [3.05, 3.63) is 59.6 Å². The number of nitrogens with zero attached hydrogens (tertiary/aromatic N) is 6. The van der Waals surface area contributed by atoms with Crippen molar-refractivity contribution >= 4 is 49.8 Å². The molecule has 11 nitrogen and oxygen atoms in total. The minimum Gasteiger partial charge on any atom is -0.326 e. The van der Waals surface area contributed by atoms with Crippen molar-refractivity contribution < 1.29 is 13.2 Å². The molecule has 0 saturated heterocycles. The van der Waals surface area contributed by atoms with Crippen molar-refractivity contribution in [2.24, 2.45) is 0 Å². The second-order valence-corrected chi connectivity index (χ2v) is 10.5. The summed E-state index contributed by atoms with van der Waals surface area (Å²) in [7, 11) is -3.79. The molecule has 14 heteroatoms. The highest BCUT2D eigenvalue weighted by Crippen LogP contribution is 2.22. The number of thioether (sulfide) groups is 1. The minimum atomic E-state index is -3.79. The van der Waals surface area contributed by atoms with Gasteiger partial charge < -0.3 is 5.32 Å². The van der Waals surface area contributed by atoms with Gasteiger partial charge >= 0.3 is 0 Å². The predicted molar refractivity (Wildman–Crippen MR) is 125 cm³/mol. The summed E-state index contributed by atoms with van der Waals surface area (Å²) in [6.45, 7) is 1.73. The number of tetrazole rings is 1. The summed E-state index contributed by atoms with van der Waals surface area (Å²) in [6.07, 6.45) is 0.227. The average Bonchev–Trinajstić information content (AvgIpc) is 3.43. The van der Waals surface area contributed by atoms with Crippen molar-refractivity contribution in [2.45, 2.75) is 23.4 Å². The number of carbonyl (C=O) groups is 1. The van der Waals surface area contributed by atoms with Gasteiger partial charge in [0.05, 0.1) is 10.6 Å². The Morgan fingerprint density at radius 1 is 1.06 bits per heavy atom. The number of sulfonamides is 1. The van der Waals surface area contributed by atoms with Crippen LogP contribution in [-0.2, 0) is 14.8 Å². The lowest BCUT2D eigenvalue weighted by molar-refractivity contribution is -0.115. The van der Waals surface area contributed by atoms with E-state index in [9.17, 15) is 13.2 Å². The lowest BCUT2D eigenvalue weighted by Crippen LogP contribution is -2.14. The van der Waals surface area contributed by atoms with Gasteiger partial charge in [-0.05, 0) is 53.7 Å². The highest BCUT2D eigenvalue weighted by atomic mass is 32.2. The number of para-hydroxylation sites is 1. The van der Waals surface area contributed by atoms with E-state index in [0.29, 0.717) is 21.6 Å². The summed E-state index contributed by atoms with van der Waals surface area (Å²) < 4.78 is 28.9. The number of nitrogens with one attached hydrogen (secondary N) is 2. The first kappa shape index (κ1) is 22.8. The van der Waals surface area contributed by atoms with Crippen LogP contribution in [0.4, 0.5) is 10.8 Å². The second-order valence-electron chi connectivity index (χ2n) is 6.61. The molecule has 2 N–H and O–H groups in total. The van der Waals surface area contributed by atoms with Crippen molar-refractivity contribution in [2.75, 3.05) is 15.8 Å². The molecule has 0 aliphatic rings. The quantitative estimate of drug-likeness (QED) is 0.330. The van der Waals surface area contributed by atoms with E-state index < -0.39 is 10.0 Å². The van der Waals surface area contributed by atoms with Gasteiger partial charge in [-0.2, -0.15) is 4.68 Å². The van der Waals surface area contributed by atoms with Crippen molar-refractivity contribution in [1.29, 1.82) is 0 Å². The van der Waals surface area contributed by atoms with E-state index >= 15 is 0 Å². The average molecular weight is 503 g/mol. The van der Waals surface area contributed by atoms with Gasteiger partial charge in [0.15, 0.2) is 0 Å². The molecule has 0 radical (unpaired) electrons. The standard InChI is InChI=1S/C19H18N8O3S3/c1-13-21-22-18(32-13)24-33(29,30)16-9-7-14(8-10-16)20-17(28)11-12-31-19-23-25-26-27(19)15-5-3-2-4-6-15/h2-10H,11-12H2,1H3,(H,20,28)(H,22,24). The van der Waals surface area contributed by atoms with Gasteiger partial charge in [0.25, 0.3) is 10.0 Å². The number of benzene rings is 2. The Morgan fingerprint density at radius 3 is 2.52 bits per heavy atom. The molecule has 170 valence electrons. The van der Waals surface area contributed by atoms with E-state index in [1.165, 1.54) is 36.0 Å². The van der Waals surface area contributed by atoms with Gasteiger partial charge in [-0.25, -0.2) is 8.42 Å². The zero-order chi connectivity index (χ0) is 23.3. The van der Waals surface area contributed by atoms with Crippen LogP contribution >= 0.6 is 23.1 Å². The fraction of sp³-hybridized carbons (Fsp3) is 0.158. The van der Waals surface area contributed by atoms with Gasteiger partial charge in [-0.3, -0.25) is 9.52 Å². The summed E-state index contributed by atoms with van der Waals surface area (Å²) in [4.78, 5) is 12.3. The number of hydrogen-bond donors (Lipinski definition) is 2. The van der Waals surface area contributed by atoms with Crippen molar-refractivity contribution in [3.63, 3.8) is 0 Å². The minimum absolute atomic E-state index is 0.0525. The third-order valence-corrected chi connectivity index (χ3v) is 7.36. The lowest BCUT2D eigenvalue weighted by Gasteiger charge is -2.08. The Morgan fingerprint density at radius 2 is 1.82 bits per heavy atom. The first-order valence-electron chi connectivity index (χ1n) is 9.60. The third-order valence-electron chi connectivity index (χ3n) is 4.20. The van der Waals surface area contributed by atoms with Crippen LogP contribution in [0.3, 0.4) is 0 Å². The Labute approximate surface area is 197 Å². The van der Waals surface area contributed by atoms with Crippen molar-refractivity contribution in [1.82, 2.24) is 30.4 Å². The van der Waals surface area contributed by atoms with Crippen LogP contribution < -0.4 is 10.0 Å². The fourth-order valence-electron chi connectivity index (χ4n) is 2.69. The SMILES string of the molecule is Cc1nnc(NS(=O)(=O)c2ccc(NC(=O)CCSc3nnnn3-c3ccccc3)cc2)s1. The van der Waals surface area contributed by atoms with E-state index in [4.69, 9.17) is 0 Å². The Hall–Kier alpha value is -3.36. The monoisotopic (exact) mass is 502 g/mol. The van der Waals surface area contributed by atoms with Crippen LogP contribution in [0.1, 0.15) is 11.4 Å². The van der Waals surface area contributed by atoms with Crippen LogP contribution in [0.25, 0.3) is 5.69 Å². The molecule has 2 aromatic carbocycles. The van der Waals surface area contributed by atoms with Gasteiger partial charge in [-0.1, -0.05) is 41.3 Å². The number of amides is 1. The maximum atomic E-state index is 12.4.